The fraction of sp³-hybridized carbons (Fsp3) is 0.533. The van der Waals surface area contributed by atoms with Crippen molar-refractivity contribution in [3.8, 4) is 0 Å². The number of nitro benzene ring substituents is 1. The molecule has 1 saturated heterocycles. The Bertz CT molecular complexity index is 481. The fourth-order valence-electron chi connectivity index (χ4n) is 2.53. The lowest BCUT2D eigenvalue weighted by Crippen LogP contribution is -2.29. The number of rotatable bonds is 6. The van der Waals surface area contributed by atoms with E-state index in [-0.39, 0.29) is 11.6 Å². The van der Waals surface area contributed by atoms with Crippen molar-refractivity contribution in [2.45, 2.75) is 32.2 Å². The van der Waals surface area contributed by atoms with Gasteiger partial charge in [0.1, 0.15) is 0 Å². The van der Waals surface area contributed by atoms with Gasteiger partial charge in [-0.15, -0.1) is 0 Å². The molecule has 0 saturated carbocycles. The molecule has 2 rings (SSSR count). The van der Waals surface area contributed by atoms with Crippen LogP contribution in [0.2, 0.25) is 0 Å². The van der Waals surface area contributed by atoms with Gasteiger partial charge in [-0.2, -0.15) is 0 Å². The van der Waals surface area contributed by atoms with Crippen LogP contribution in [0.5, 0.6) is 0 Å². The quantitative estimate of drug-likeness (QED) is 0.620. The Labute approximate surface area is 124 Å². The second-order valence-electron chi connectivity index (χ2n) is 5.43. The van der Waals surface area contributed by atoms with Crippen LogP contribution in [0.25, 0.3) is 0 Å². The van der Waals surface area contributed by atoms with Gasteiger partial charge in [-0.3, -0.25) is 14.9 Å². The number of hydrogen-bond acceptors (Lipinski definition) is 4. The summed E-state index contributed by atoms with van der Waals surface area (Å²) in [5, 5.41) is 16.7. The molecule has 0 unspecified atom stereocenters. The molecular weight excluding hydrogens is 270 g/mol. The molecule has 0 radical (unpaired) electrons. The summed E-state index contributed by atoms with van der Waals surface area (Å²) in [5.41, 5.74) is 0.937. The van der Waals surface area contributed by atoms with Gasteiger partial charge >= 0.3 is 0 Å². The highest BCUT2D eigenvalue weighted by molar-refractivity contribution is 5.75. The Morgan fingerprint density at radius 3 is 2.57 bits per heavy atom. The zero-order valence-electron chi connectivity index (χ0n) is 12.0. The third-order valence-electron chi connectivity index (χ3n) is 3.88. The summed E-state index contributed by atoms with van der Waals surface area (Å²) in [5.74, 6) is 0.697. The molecule has 2 N–H and O–H groups in total. The summed E-state index contributed by atoms with van der Waals surface area (Å²) < 4.78 is 0. The van der Waals surface area contributed by atoms with Crippen LogP contribution in [0, 0.1) is 16.0 Å². The van der Waals surface area contributed by atoms with Crippen LogP contribution >= 0.6 is 0 Å². The molecule has 0 spiro atoms. The van der Waals surface area contributed by atoms with Crippen molar-refractivity contribution in [2.24, 2.45) is 5.92 Å². The van der Waals surface area contributed by atoms with Crippen LogP contribution in [-0.4, -0.2) is 23.9 Å². The molecule has 1 aliphatic rings. The number of amides is 1. The molecule has 1 heterocycles. The van der Waals surface area contributed by atoms with E-state index in [2.05, 4.69) is 10.6 Å². The largest absolute Gasteiger partial charge is 0.352 e. The summed E-state index contributed by atoms with van der Waals surface area (Å²) in [7, 11) is 0. The molecule has 1 amide bonds. The van der Waals surface area contributed by atoms with Crippen molar-refractivity contribution >= 4 is 11.6 Å². The number of nitrogens with zero attached hydrogens (tertiary/aromatic N) is 1. The van der Waals surface area contributed by atoms with E-state index in [1.165, 1.54) is 12.1 Å². The van der Waals surface area contributed by atoms with Crippen LogP contribution in [0.1, 0.15) is 31.2 Å². The zero-order chi connectivity index (χ0) is 15.1. The summed E-state index contributed by atoms with van der Waals surface area (Å²) in [6.45, 7) is 2.52. The highest BCUT2D eigenvalue weighted by atomic mass is 16.6. The van der Waals surface area contributed by atoms with E-state index in [0.29, 0.717) is 18.9 Å². The van der Waals surface area contributed by atoms with Gasteiger partial charge in [-0.05, 0) is 43.8 Å². The molecule has 0 bridgehead atoms. The predicted molar refractivity (Wildman–Crippen MR) is 79.8 cm³/mol. The Morgan fingerprint density at radius 1 is 1.29 bits per heavy atom. The Hall–Kier alpha value is -1.95. The molecule has 0 aliphatic carbocycles. The van der Waals surface area contributed by atoms with E-state index in [9.17, 15) is 14.9 Å². The molecule has 1 aromatic rings. The summed E-state index contributed by atoms with van der Waals surface area (Å²) in [4.78, 5) is 21.9. The summed E-state index contributed by atoms with van der Waals surface area (Å²) in [6, 6.07) is 6.25. The van der Waals surface area contributed by atoms with Crippen molar-refractivity contribution in [1.29, 1.82) is 0 Å². The molecule has 1 fully saturated rings. The number of non-ortho nitro benzene ring substituents is 1. The lowest BCUT2D eigenvalue weighted by molar-refractivity contribution is -0.384. The topological polar surface area (TPSA) is 84.3 Å². The van der Waals surface area contributed by atoms with Crippen LogP contribution in [-0.2, 0) is 11.3 Å². The van der Waals surface area contributed by atoms with Gasteiger partial charge in [-0.1, -0.05) is 12.1 Å². The normalized spacial score (nSPS) is 15.6. The van der Waals surface area contributed by atoms with Crippen LogP contribution in [0.15, 0.2) is 24.3 Å². The van der Waals surface area contributed by atoms with E-state index in [4.69, 9.17) is 0 Å². The Balaban J connectivity index is 1.69. The summed E-state index contributed by atoms with van der Waals surface area (Å²) in [6.07, 6.45) is 3.79. The van der Waals surface area contributed by atoms with Gasteiger partial charge < -0.3 is 10.6 Å². The van der Waals surface area contributed by atoms with Gasteiger partial charge in [0, 0.05) is 25.1 Å². The third-order valence-corrected chi connectivity index (χ3v) is 3.88. The summed E-state index contributed by atoms with van der Waals surface area (Å²) >= 11 is 0. The number of benzene rings is 1. The minimum Gasteiger partial charge on any atom is -0.352 e. The van der Waals surface area contributed by atoms with Gasteiger partial charge in [0.2, 0.25) is 5.91 Å². The average Bonchev–Trinajstić information content (AvgIpc) is 2.52. The van der Waals surface area contributed by atoms with E-state index < -0.39 is 4.92 Å². The maximum Gasteiger partial charge on any atom is 0.269 e. The SMILES string of the molecule is O=C(CCC1CCNCC1)NCc1ccc([N+](=O)[O-])cc1. The maximum atomic E-state index is 11.8. The van der Waals surface area contributed by atoms with Crippen molar-refractivity contribution in [3.05, 3.63) is 39.9 Å². The number of carbonyl (C=O) groups is 1. The second kappa shape index (κ2) is 7.73. The van der Waals surface area contributed by atoms with Crippen LogP contribution in [0.4, 0.5) is 5.69 Å². The molecule has 0 atom stereocenters. The second-order valence-corrected chi connectivity index (χ2v) is 5.43. The highest BCUT2D eigenvalue weighted by Crippen LogP contribution is 2.17. The van der Waals surface area contributed by atoms with Crippen molar-refractivity contribution < 1.29 is 9.72 Å². The third kappa shape index (κ3) is 5.15. The lowest BCUT2D eigenvalue weighted by Gasteiger charge is -2.22. The van der Waals surface area contributed by atoms with E-state index in [1.807, 2.05) is 0 Å². The molecule has 114 valence electrons. The zero-order valence-corrected chi connectivity index (χ0v) is 12.0. The first kappa shape index (κ1) is 15.4. The van der Waals surface area contributed by atoms with E-state index in [1.54, 1.807) is 12.1 Å². The van der Waals surface area contributed by atoms with Gasteiger partial charge in [0.15, 0.2) is 0 Å². The minimum absolute atomic E-state index is 0.0480. The predicted octanol–water partition coefficient (Wildman–Crippen LogP) is 1.99. The number of carbonyl (C=O) groups excluding carboxylic acids is 1. The van der Waals surface area contributed by atoms with E-state index >= 15 is 0 Å². The van der Waals surface area contributed by atoms with Crippen LogP contribution in [0.3, 0.4) is 0 Å². The van der Waals surface area contributed by atoms with E-state index in [0.717, 1.165) is 37.9 Å². The van der Waals surface area contributed by atoms with Crippen molar-refractivity contribution in [2.75, 3.05) is 13.1 Å². The molecule has 0 aromatic heterocycles. The average molecular weight is 291 g/mol. The molecular formula is C15H21N3O3. The first-order valence-corrected chi connectivity index (χ1v) is 7.36. The smallest absolute Gasteiger partial charge is 0.269 e. The minimum atomic E-state index is -0.429. The molecule has 6 nitrogen and oxygen atoms in total. The van der Waals surface area contributed by atoms with Crippen molar-refractivity contribution in [1.82, 2.24) is 10.6 Å². The van der Waals surface area contributed by atoms with Gasteiger partial charge in [-0.25, -0.2) is 0 Å². The maximum absolute atomic E-state index is 11.8. The molecule has 21 heavy (non-hydrogen) atoms. The first-order valence-electron chi connectivity index (χ1n) is 7.36. The molecule has 1 aromatic carbocycles. The number of hydrogen-bond donors (Lipinski definition) is 2. The lowest BCUT2D eigenvalue weighted by atomic mass is 9.93. The fourth-order valence-corrected chi connectivity index (χ4v) is 2.53. The molecule has 1 aliphatic heterocycles. The number of nitro groups is 1. The monoisotopic (exact) mass is 291 g/mol. The molecule has 6 heteroatoms. The highest BCUT2D eigenvalue weighted by Gasteiger charge is 2.14. The number of nitrogens with one attached hydrogen (secondary N) is 2. The van der Waals surface area contributed by atoms with Crippen molar-refractivity contribution in [3.63, 3.8) is 0 Å². The van der Waals surface area contributed by atoms with Gasteiger partial charge in [0.05, 0.1) is 4.92 Å². The first-order chi connectivity index (χ1) is 10.1. The standard InChI is InChI=1S/C15H21N3O3/c19-15(6-3-12-7-9-16-10-8-12)17-11-13-1-4-14(5-2-13)18(20)21/h1-2,4-5,12,16H,3,6-11H2,(H,17,19). The Kier molecular flexibility index (Phi) is 5.68. The Morgan fingerprint density at radius 2 is 1.95 bits per heavy atom. The van der Waals surface area contributed by atoms with Gasteiger partial charge in [0.25, 0.3) is 5.69 Å². The number of piperidine rings is 1. The van der Waals surface area contributed by atoms with Crippen LogP contribution < -0.4 is 10.6 Å².